The highest BCUT2D eigenvalue weighted by molar-refractivity contribution is 5.91. The first-order valence-corrected chi connectivity index (χ1v) is 11.9. The Balaban J connectivity index is 1.72. The topological polar surface area (TPSA) is 75.7 Å². The summed E-state index contributed by atoms with van der Waals surface area (Å²) in [4.78, 5) is 39.9. The van der Waals surface area contributed by atoms with Crippen molar-refractivity contribution < 1.29 is 19.1 Å². The van der Waals surface area contributed by atoms with Gasteiger partial charge in [0.25, 0.3) is 0 Å². The second kappa shape index (κ2) is 11.0. The van der Waals surface area contributed by atoms with Gasteiger partial charge in [0.15, 0.2) is 0 Å². The number of likely N-dealkylation sites (tertiary alicyclic amines) is 1. The lowest BCUT2D eigenvalue weighted by Gasteiger charge is -2.37. The molecule has 6 heteroatoms. The Kier molecular flexibility index (Phi) is 7.60. The molecule has 0 radical (unpaired) electrons. The predicted octanol–water partition coefficient (Wildman–Crippen LogP) is 3.69. The van der Waals surface area contributed by atoms with E-state index in [1.54, 1.807) is 4.90 Å². The van der Waals surface area contributed by atoms with Crippen LogP contribution in [0, 0.1) is 0 Å². The van der Waals surface area contributed by atoms with Crippen LogP contribution in [0.2, 0.25) is 0 Å². The molecule has 1 saturated heterocycles. The Morgan fingerprint density at radius 3 is 1.80 bits per heavy atom. The minimum Gasteiger partial charge on any atom is -0.468 e. The number of methoxy groups -OCH3 is 1. The van der Waals surface area contributed by atoms with Gasteiger partial charge in [-0.15, -0.1) is 0 Å². The molecule has 6 nitrogen and oxygen atoms in total. The number of hydrogen-bond acceptors (Lipinski definition) is 4. The molecule has 1 aliphatic rings. The molecular formula is C29H30N2O4. The van der Waals surface area contributed by atoms with Crippen molar-refractivity contribution in [3.05, 3.63) is 108 Å². The van der Waals surface area contributed by atoms with Gasteiger partial charge in [-0.25, -0.2) is 0 Å². The summed E-state index contributed by atoms with van der Waals surface area (Å²) in [7, 11) is 1.27. The number of esters is 1. The molecular weight excluding hydrogens is 440 g/mol. The van der Waals surface area contributed by atoms with Gasteiger partial charge in [0, 0.05) is 13.0 Å². The molecule has 0 bridgehead atoms. The fourth-order valence-corrected chi connectivity index (χ4v) is 4.99. The summed E-state index contributed by atoms with van der Waals surface area (Å²) in [5, 5.41) is 2.61. The first-order chi connectivity index (χ1) is 17.1. The summed E-state index contributed by atoms with van der Waals surface area (Å²) in [6.45, 7) is 0.291. The maximum Gasteiger partial charge on any atom is 0.325 e. The number of ether oxygens (including phenoxy) is 1. The molecule has 4 rings (SSSR count). The highest BCUT2D eigenvalue weighted by Gasteiger charge is 2.42. The third-order valence-electron chi connectivity index (χ3n) is 6.73. The monoisotopic (exact) mass is 470 g/mol. The Morgan fingerprint density at radius 2 is 1.34 bits per heavy atom. The molecule has 1 atom stereocenters. The maximum absolute atomic E-state index is 13.9. The third kappa shape index (κ3) is 5.11. The molecule has 0 unspecified atom stereocenters. The minimum atomic E-state index is -0.726. The summed E-state index contributed by atoms with van der Waals surface area (Å²) >= 11 is 0. The first kappa shape index (κ1) is 24.2. The van der Waals surface area contributed by atoms with Crippen molar-refractivity contribution in [1.29, 1.82) is 0 Å². The number of hydrogen-bond donors (Lipinski definition) is 1. The van der Waals surface area contributed by atoms with E-state index in [-0.39, 0.29) is 24.8 Å². The fourth-order valence-electron chi connectivity index (χ4n) is 4.99. The number of carbonyl (C=O) groups excluding carboxylic acids is 3. The summed E-state index contributed by atoms with van der Waals surface area (Å²) < 4.78 is 4.62. The molecule has 0 aromatic heterocycles. The number of rotatable bonds is 8. The van der Waals surface area contributed by atoms with Crippen molar-refractivity contribution in [1.82, 2.24) is 10.2 Å². The van der Waals surface area contributed by atoms with Crippen LogP contribution in [0.3, 0.4) is 0 Å². The van der Waals surface area contributed by atoms with Gasteiger partial charge in [-0.1, -0.05) is 91.0 Å². The van der Waals surface area contributed by atoms with Crippen molar-refractivity contribution in [2.24, 2.45) is 0 Å². The molecule has 180 valence electrons. The summed E-state index contributed by atoms with van der Waals surface area (Å²) in [6.07, 6.45) is 1.47. The quantitative estimate of drug-likeness (QED) is 0.403. The van der Waals surface area contributed by atoms with E-state index < -0.39 is 17.4 Å². The van der Waals surface area contributed by atoms with E-state index in [4.69, 9.17) is 0 Å². The smallest absolute Gasteiger partial charge is 0.325 e. The Labute approximate surface area is 205 Å². The molecule has 0 spiro atoms. The normalized spacial score (nSPS) is 15.5. The average molecular weight is 471 g/mol. The van der Waals surface area contributed by atoms with Crippen molar-refractivity contribution in [3.63, 3.8) is 0 Å². The number of carbonyl (C=O) groups is 3. The van der Waals surface area contributed by atoms with Crippen LogP contribution in [0.15, 0.2) is 91.0 Å². The summed E-state index contributed by atoms with van der Waals surface area (Å²) in [5.74, 6) is -0.950. The van der Waals surface area contributed by atoms with Crippen LogP contribution in [0.1, 0.15) is 36.0 Å². The third-order valence-corrected chi connectivity index (χ3v) is 6.73. The fraction of sp³-hybridized carbons (Fsp3) is 0.276. The molecule has 0 aliphatic carbocycles. The van der Waals surface area contributed by atoms with Crippen molar-refractivity contribution in [2.75, 3.05) is 20.2 Å². The number of amides is 2. The number of benzene rings is 3. The number of nitrogens with one attached hydrogen (secondary N) is 1. The molecule has 1 N–H and O–H groups in total. The van der Waals surface area contributed by atoms with Gasteiger partial charge in [-0.05, 0) is 29.5 Å². The van der Waals surface area contributed by atoms with E-state index in [1.807, 2.05) is 54.6 Å². The van der Waals surface area contributed by atoms with Crippen molar-refractivity contribution in [2.45, 2.75) is 30.7 Å². The first-order valence-electron chi connectivity index (χ1n) is 11.9. The lowest BCUT2D eigenvalue weighted by Crippen LogP contribution is -2.48. The SMILES string of the molecule is COC(=O)CNC(=O)[C@@H]1CCCN1C(=O)CC(c1ccccc1)(c1ccccc1)c1ccccc1. The summed E-state index contributed by atoms with van der Waals surface area (Å²) in [6, 6.07) is 29.5. The van der Waals surface area contributed by atoms with E-state index in [0.717, 1.165) is 23.1 Å². The zero-order valence-electron chi connectivity index (χ0n) is 19.9. The van der Waals surface area contributed by atoms with Crippen molar-refractivity contribution in [3.8, 4) is 0 Å². The van der Waals surface area contributed by atoms with E-state index >= 15 is 0 Å². The van der Waals surface area contributed by atoms with Crippen LogP contribution in [0.5, 0.6) is 0 Å². The zero-order valence-corrected chi connectivity index (χ0v) is 19.9. The van der Waals surface area contributed by atoms with E-state index in [9.17, 15) is 14.4 Å². The van der Waals surface area contributed by atoms with Gasteiger partial charge in [-0.2, -0.15) is 0 Å². The second-order valence-electron chi connectivity index (χ2n) is 8.72. The Morgan fingerprint density at radius 1 is 0.857 bits per heavy atom. The molecule has 35 heavy (non-hydrogen) atoms. The zero-order chi connectivity index (χ0) is 24.7. The van der Waals surface area contributed by atoms with Crippen LogP contribution >= 0.6 is 0 Å². The lowest BCUT2D eigenvalue weighted by molar-refractivity contribution is -0.142. The average Bonchev–Trinajstić information content (AvgIpc) is 3.42. The molecule has 1 aliphatic heterocycles. The van der Waals surface area contributed by atoms with Gasteiger partial charge in [0.05, 0.1) is 12.5 Å². The molecule has 3 aromatic carbocycles. The van der Waals surface area contributed by atoms with Crippen LogP contribution < -0.4 is 5.32 Å². The van der Waals surface area contributed by atoms with Gasteiger partial charge in [-0.3, -0.25) is 14.4 Å². The van der Waals surface area contributed by atoms with Gasteiger partial charge in [0.1, 0.15) is 12.6 Å². The predicted molar refractivity (Wildman–Crippen MR) is 134 cm³/mol. The number of nitrogens with zero attached hydrogens (tertiary/aromatic N) is 1. The molecule has 2 amide bonds. The molecule has 1 heterocycles. The molecule has 0 saturated carbocycles. The van der Waals surface area contributed by atoms with E-state index in [1.165, 1.54) is 7.11 Å². The Hall–Kier alpha value is -3.93. The lowest BCUT2D eigenvalue weighted by atomic mass is 9.67. The largest absolute Gasteiger partial charge is 0.468 e. The minimum absolute atomic E-state index is 0.0997. The van der Waals surface area contributed by atoms with Gasteiger partial charge >= 0.3 is 5.97 Å². The highest BCUT2D eigenvalue weighted by Crippen LogP contribution is 2.43. The van der Waals surface area contributed by atoms with Crippen molar-refractivity contribution >= 4 is 17.8 Å². The van der Waals surface area contributed by atoms with E-state index in [0.29, 0.717) is 13.0 Å². The molecule has 3 aromatic rings. The maximum atomic E-state index is 13.9. The van der Waals surface area contributed by atoms with E-state index in [2.05, 4.69) is 46.5 Å². The molecule has 1 fully saturated rings. The Bertz CT molecular complexity index is 1050. The highest BCUT2D eigenvalue weighted by atomic mass is 16.5. The standard InChI is InChI=1S/C29H30N2O4/c1-35-27(33)21-30-28(34)25-18-11-19-31(25)26(32)20-29(22-12-5-2-6-13-22,23-14-7-3-8-15-23)24-16-9-4-10-17-24/h2-10,12-17,25H,11,18-21H2,1H3,(H,30,34)/t25-/m0/s1. The van der Waals surface area contributed by atoms with Gasteiger partial charge < -0.3 is 15.0 Å². The van der Waals surface area contributed by atoms with Gasteiger partial charge in [0.2, 0.25) is 11.8 Å². The van der Waals surface area contributed by atoms with Crippen LogP contribution in [0.4, 0.5) is 0 Å². The van der Waals surface area contributed by atoms with Crippen LogP contribution in [-0.4, -0.2) is 48.9 Å². The second-order valence-corrected chi connectivity index (χ2v) is 8.72. The van der Waals surface area contributed by atoms with Crippen LogP contribution in [-0.2, 0) is 24.5 Å². The summed E-state index contributed by atoms with van der Waals surface area (Å²) in [5.41, 5.74) is 2.31. The van der Waals surface area contributed by atoms with Crippen LogP contribution in [0.25, 0.3) is 0 Å².